The number of nitrogens with zero attached hydrogens (tertiary/aromatic N) is 1. The number of rotatable bonds is 4. The molecule has 2 rings (SSSR count). The Morgan fingerprint density at radius 3 is 2.95 bits per heavy atom. The van der Waals surface area contributed by atoms with E-state index in [2.05, 4.69) is 11.8 Å². The largest absolute Gasteiger partial charge is 0.478 e. The number of hydrogen-bond donors (Lipinski definition) is 1. The highest BCUT2D eigenvalue weighted by Crippen LogP contribution is 2.31. The van der Waals surface area contributed by atoms with Crippen molar-refractivity contribution in [3.05, 3.63) is 34.9 Å². The number of carboxylic acids is 1. The topological polar surface area (TPSA) is 40.5 Å². The summed E-state index contributed by atoms with van der Waals surface area (Å²) in [4.78, 5) is 13.1. The molecule has 1 aromatic carbocycles. The van der Waals surface area contributed by atoms with Crippen molar-refractivity contribution in [1.82, 2.24) is 0 Å². The highest BCUT2D eigenvalue weighted by molar-refractivity contribution is 6.32. The van der Waals surface area contributed by atoms with Crippen molar-refractivity contribution in [2.24, 2.45) is 5.92 Å². The molecule has 21 heavy (non-hydrogen) atoms. The van der Waals surface area contributed by atoms with Crippen LogP contribution in [0.3, 0.4) is 0 Å². The van der Waals surface area contributed by atoms with Crippen LogP contribution in [0.1, 0.15) is 38.2 Å². The number of benzene rings is 1. The minimum Gasteiger partial charge on any atom is -0.478 e. The van der Waals surface area contributed by atoms with Crippen LogP contribution in [0, 0.1) is 5.92 Å². The number of carboxylic acid groups (broad SMARTS) is 1. The number of halogens is 1. The molecule has 0 aromatic heterocycles. The van der Waals surface area contributed by atoms with Gasteiger partial charge in [0.2, 0.25) is 0 Å². The van der Waals surface area contributed by atoms with Crippen LogP contribution in [0.2, 0.25) is 5.02 Å². The summed E-state index contributed by atoms with van der Waals surface area (Å²) in [5, 5.41) is 9.43. The second kappa shape index (κ2) is 7.51. The molecule has 1 unspecified atom stereocenters. The first-order valence-corrected chi connectivity index (χ1v) is 7.94. The van der Waals surface area contributed by atoms with Gasteiger partial charge >= 0.3 is 5.97 Å². The molecule has 114 valence electrons. The van der Waals surface area contributed by atoms with Gasteiger partial charge in [0.15, 0.2) is 0 Å². The standard InChI is InChI=1S/C17H22ClNO2/c1-2-13-5-4-11-19(12-10-13)16-7-3-6-15(18)14(16)8-9-17(20)21/h3,6-9,13H,2,4-5,10-12H2,1H3,(H,20,21). The quantitative estimate of drug-likeness (QED) is 0.835. The Hall–Kier alpha value is -1.48. The maximum Gasteiger partial charge on any atom is 0.328 e. The average Bonchev–Trinajstić information content (AvgIpc) is 2.70. The van der Waals surface area contributed by atoms with Gasteiger partial charge in [-0.05, 0) is 43.4 Å². The Morgan fingerprint density at radius 2 is 2.24 bits per heavy atom. The van der Waals surface area contributed by atoms with Crippen LogP contribution < -0.4 is 4.90 Å². The SMILES string of the molecule is CCC1CCCN(c2cccc(Cl)c2C=CC(=O)O)CC1. The smallest absolute Gasteiger partial charge is 0.328 e. The van der Waals surface area contributed by atoms with E-state index < -0.39 is 5.97 Å². The molecular formula is C17H22ClNO2. The van der Waals surface area contributed by atoms with Crippen molar-refractivity contribution < 1.29 is 9.90 Å². The Bertz CT molecular complexity index is 528. The zero-order chi connectivity index (χ0) is 15.2. The first kappa shape index (κ1) is 15.9. The lowest BCUT2D eigenvalue weighted by atomic mass is 9.98. The molecule has 1 atom stereocenters. The summed E-state index contributed by atoms with van der Waals surface area (Å²) >= 11 is 6.26. The molecular weight excluding hydrogens is 286 g/mol. The van der Waals surface area contributed by atoms with Gasteiger partial charge in [-0.15, -0.1) is 0 Å². The minimum absolute atomic E-state index is 0.598. The molecule has 1 aliphatic rings. The number of hydrogen-bond acceptors (Lipinski definition) is 2. The molecule has 0 bridgehead atoms. The van der Waals surface area contributed by atoms with Crippen molar-refractivity contribution >= 4 is 29.3 Å². The molecule has 1 saturated heterocycles. The second-order valence-electron chi connectivity index (χ2n) is 5.54. The van der Waals surface area contributed by atoms with E-state index in [1.54, 1.807) is 12.1 Å². The van der Waals surface area contributed by atoms with E-state index in [0.717, 1.165) is 36.3 Å². The Morgan fingerprint density at radius 1 is 1.43 bits per heavy atom. The van der Waals surface area contributed by atoms with E-state index in [-0.39, 0.29) is 0 Å². The number of anilines is 1. The summed E-state index contributed by atoms with van der Waals surface area (Å²) in [7, 11) is 0. The van der Waals surface area contributed by atoms with Gasteiger partial charge in [-0.1, -0.05) is 31.0 Å². The fourth-order valence-corrected chi connectivity index (χ4v) is 3.17. The van der Waals surface area contributed by atoms with Crippen molar-refractivity contribution in [2.75, 3.05) is 18.0 Å². The molecule has 1 aromatic rings. The van der Waals surface area contributed by atoms with E-state index in [1.807, 2.05) is 12.1 Å². The van der Waals surface area contributed by atoms with Crippen LogP contribution >= 0.6 is 11.6 Å². The predicted octanol–water partition coefficient (Wildman–Crippen LogP) is 4.45. The van der Waals surface area contributed by atoms with Gasteiger partial charge in [0.1, 0.15) is 0 Å². The maximum absolute atomic E-state index is 10.8. The maximum atomic E-state index is 10.8. The molecule has 1 heterocycles. The van der Waals surface area contributed by atoms with Gasteiger partial charge in [0, 0.05) is 35.4 Å². The number of carbonyl (C=O) groups is 1. The summed E-state index contributed by atoms with van der Waals surface area (Å²) in [5.41, 5.74) is 1.84. The fraction of sp³-hybridized carbons (Fsp3) is 0.471. The van der Waals surface area contributed by atoms with E-state index in [0.29, 0.717) is 5.02 Å². The van der Waals surface area contributed by atoms with Crippen LogP contribution in [0.15, 0.2) is 24.3 Å². The van der Waals surface area contributed by atoms with Gasteiger partial charge in [0.05, 0.1) is 0 Å². The molecule has 1 N–H and O–H groups in total. The molecule has 0 radical (unpaired) electrons. The summed E-state index contributed by atoms with van der Waals surface area (Å²) in [6.45, 7) is 4.26. The Balaban J connectivity index is 2.26. The fourth-order valence-electron chi connectivity index (χ4n) is 2.94. The van der Waals surface area contributed by atoms with E-state index in [1.165, 1.54) is 25.7 Å². The molecule has 1 fully saturated rings. The van der Waals surface area contributed by atoms with E-state index >= 15 is 0 Å². The molecule has 0 aliphatic carbocycles. The summed E-state index contributed by atoms with van der Waals surface area (Å²) in [5.74, 6) is -0.157. The molecule has 0 spiro atoms. The van der Waals surface area contributed by atoms with Gasteiger partial charge in [-0.25, -0.2) is 4.79 Å². The van der Waals surface area contributed by atoms with Crippen LogP contribution in [-0.4, -0.2) is 24.2 Å². The summed E-state index contributed by atoms with van der Waals surface area (Å²) in [6.07, 6.45) is 7.61. The van der Waals surface area contributed by atoms with Crippen LogP contribution in [0.25, 0.3) is 6.08 Å². The van der Waals surface area contributed by atoms with Crippen molar-refractivity contribution in [3.8, 4) is 0 Å². The zero-order valence-corrected chi connectivity index (χ0v) is 13.1. The highest BCUT2D eigenvalue weighted by atomic mass is 35.5. The minimum atomic E-state index is -0.956. The molecule has 1 aliphatic heterocycles. The Labute approximate surface area is 131 Å². The van der Waals surface area contributed by atoms with Gasteiger partial charge in [0.25, 0.3) is 0 Å². The van der Waals surface area contributed by atoms with E-state index in [4.69, 9.17) is 16.7 Å². The van der Waals surface area contributed by atoms with Gasteiger partial charge in [-0.2, -0.15) is 0 Å². The first-order valence-electron chi connectivity index (χ1n) is 7.56. The lowest BCUT2D eigenvalue weighted by molar-refractivity contribution is -0.131. The predicted molar refractivity (Wildman–Crippen MR) is 88.0 cm³/mol. The van der Waals surface area contributed by atoms with Crippen LogP contribution in [0.4, 0.5) is 5.69 Å². The average molecular weight is 308 g/mol. The molecule has 0 saturated carbocycles. The zero-order valence-electron chi connectivity index (χ0n) is 12.4. The molecule has 4 heteroatoms. The lowest BCUT2D eigenvalue weighted by Gasteiger charge is -2.25. The van der Waals surface area contributed by atoms with Crippen LogP contribution in [-0.2, 0) is 4.79 Å². The van der Waals surface area contributed by atoms with E-state index in [9.17, 15) is 4.79 Å². The second-order valence-corrected chi connectivity index (χ2v) is 5.94. The first-order chi connectivity index (χ1) is 10.1. The monoisotopic (exact) mass is 307 g/mol. The third-order valence-electron chi connectivity index (χ3n) is 4.19. The summed E-state index contributed by atoms with van der Waals surface area (Å²) < 4.78 is 0. The van der Waals surface area contributed by atoms with Crippen molar-refractivity contribution in [3.63, 3.8) is 0 Å². The van der Waals surface area contributed by atoms with Crippen molar-refractivity contribution in [1.29, 1.82) is 0 Å². The molecule has 0 amide bonds. The third-order valence-corrected chi connectivity index (χ3v) is 4.52. The summed E-state index contributed by atoms with van der Waals surface area (Å²) in [6, 6.07) is 5.76. The lowest BCUT2D eigenvalue weighted by Crippen LogP contribution is -2.25. The van der Waals surface area contributed by atoms with Crippen LogP contribution in [0.5, 0.6) is 0 Å². The van der Waals surface area contributed by atoms with Crippen molar-refractivity contribution in [2.45, 2.75) is 32.6 Å². The third kappa shape index (κ3) is 4.24. The van der Waals surface area contributed by atoms with Gasteiger partial charge in [-0.3, -0.25) is 0 Å². The molecule has 3 nitrogen and oxygen atoms in total. The highest BCUT2D eigenvalue weighted by Gasteiger charge is 2.18. The van der Waals surface area contributed by atoms with Gasteiger partial charge < -0.3 is 10.0 Å². The Kier molecular flexibility index (Phi) is 5.68. The normalized spacial score (nSPS) is 19.7. The number of aliphatic carboxylic acids is 1.